The van der Waals surface area contributed by atoms with Gasteiger partial charge in [-0.25, -0.2) is 4.68 Å². The number of amides is 1. The Bertz CT molecular complexity index is 801. The van der Waals surface area contributed by atoms with Gasteiger partial charge in [-0.2, -0.15) is 18.3 Å². The SMILES string of the molecule is CC1(C(=O)Nc2ccnn2Cc2ccccc2C(F)(F)F)COC1.O=CO. The van der Waals surface area contributed by atoms with E-state index in [9.17, 15) is 18.0 Å². The number of nitrogens with one attached hydrogen (secondary N) is 1. The van der Waals surface area contributed by atoms with Crippen LogP contribution in [0.5, 0.6) is 0 Å². The van der Waals surface area contributed by atoms with Gasteiger partial charge in [0.25, 0.3) is 6.47 Å². The predicted octanol–water partition coefficient (Wildman–Crippen LogP) is 2.63. The molecular weight excluding hydrogens is 367 g/mol. The van der Waals surface area contributed by atoms with Gasteiger partial charge < -0.3 is 15.2 Å². The van der Waals surface area contributed by atoms with Crippen LogP contribution >= 0.6 is 0 Å². The Morgan fingerprint density at radius 2 is 2.00 bits per heavy atom. The first kappa shape index (κ1) is 20.4. The maximum atomic E-state index is 13.1. The van der Waals surface area contributed by atoms with Crippen LogP contribution in [0.25, 0.3) is 0 Å². The highest BCUT2D eigenvalue weighted by Gasteiger charge is 2.41. The van der Waals surface area contributed by atoms with Crippen molar-refractivity contribution < 1.29 is 32.6 Å². The quantitative estimate of drug-likeness (QED) is 0.790. The highest BCUT2D eigenvalue weighted by molar-refractivity contribution is 5.95. The van der Waals surface area contributed by atoms with Crippen molar-refractivity contribution in [1.82, 2.24) is 9.78 Å². The van der Waals surface area contributed by atoms with Crippen molar-refractivity contribution in [2.45, 2.75) is 19.6 Å². The lowest BCUT2D eigenvalue weighted by molar-refractivity contribution is -0.152. The van der Waals surface area contributed by atoms with Crippen molar-refractivity contribution in [3.05, 3.63) is 47.7 Å². The Morgan fingerprint density at radius 3 is 2.56 bits per heavy atom. The average Bonchev–Trinajstić information content (AvgIpc) is 2.99. The molecule has 1 amide bonds. The molecular formula is C17H18F3N3O4. The van der Waals surface area contributed by atoms with Crippen LogP contribution in [0.4, 0.5) is 19.0 Å². The normalized spacial score (nSPS) is 15.1. The average molecular weight is 385 g/mol. The molecule has 0 bridgehead atoms. The first-order chi connectivity index (χ1) is 12.7. The zero-order valence-electron chi connectivity index (χ0n) is 14.4. The predicted molar refractivity (Wildman–Crippen MR) is 89.0 cm³/mol. The molecule has 2 aromatic rings. The molecule has 1 aromatic heterocycles. The minimum Gasteiger partial charge on any atom is -0.483 e. The summed E-state index contributed by atoms with van der Waals surface area (Å²) in [5.41, 5.74) is -1.24. The number of rotatable bonds is 4. The zero-order valence-corrected chi connectivity index (χ0v) is 14.4. The van der Waals surface area contributed by atoms with Crippen LogP contribution in [0.1, 0.15) is 18.1 Å². The number of carbonyl (C=O) groups excluding carboxylic acids is 1. The van der Waals surface area contributed by atoms with Gasteiger partial charge in [0.15, 0.2) is 0 Å². The smallest absolute Gasteiger partial charge is 0.416 e. The monoisotopic (exact) mass is 385 g/mol. The molecule has 3 rings (SSSR count). The molecule has 1 aliphatic heterocycles. The molecule has 1 saturated heterocycles. The summed E-state index contributed by atoms with van der Waals surface area (Å²) in [5, 5.41) is 13.6. The van der Waals surface area contributed by atoms with E-state index in [0.29, 0.717) is 19.0 Å². The number of nitrogens with zero attached hydrogens (tertiary/aromatic N) is 2. The molecule has 1 fully saturated rings. The summed E-state index contributed by atoms with van der Waals surface area (Å²) in [5.74, 6) is 0.115. The number of carbonyl (C=O) groups is 2. The molecule has 2 N–H and O–H groups in total. The van der Waals surface area contributed by atoms with E-state index >= 15 is 0 Å². The maximum Gasteiger partial charge on any atom is 0.416 e. The molecule has 0 spiro atoms. The number of carboxylic acid groups (broad SMARTS) is 1. The van der Waals surface area contributed by atoms with Crippen molar-refractivity contribution in [1.29, 1.82) is 0 Å². The highest BCUT2D eigenvalue weighted by Crippen LogP contribution is 2.33. The fourth-order valence-corrected chi connectivity index (χ4v) is 2.47. The lowest BCUT2D eigenvalue weighted by Crippen LogP contribution is -2.49. The Labute approximate surface area is 152 Å². The van der Waals surface area contributed by atoms with Crippen LogP contribution in [0.15, 0.2) is 36.5 Å². The number of alkyl halides is 3. The molecule has 1 aromatic carbocycles. The molecule has 146 valence electrons. The van der Waals surface area contributed by atoms with E-state index in [1.807, 2.05) is 0 Å². The highest BCUT2D eigenvalue weighted by atomic mass is 19.4. The van der Waals surface area contributed by atoms with E-state index in [4.69, 9.17) is 14.6 Å². The fraction of sp³-hybridized carbons (Fsp3) is 0.353. The molecule has 2 heterocycles. The van der Waals surface area contributed by atoms with Gasteiger partial charge in [-0.3, -0.25) is 9.59 Å². The van der Waals surface area contributed by atoms with Gasteiger partial charge >= 0.3 is 6.18 Å². The van der Waals surface area contributed by atoms with Crippen molar-refractivity contribution in [2.75, 3.05) is 18.5 Å². The lowest BCUT2D eigenvalue weighted by Gasteiger charge is -2.36. The number of aromatic nitrogens is 2. The van der Waals surface area contributed by atoms with Crippen molar-refractivity contribution in [3.63, 3.8) is 0 Å². The topological polar surface area (TPSA) is 93.5 Å². The van der Waals surface area contributed by atoms with E-state index in [1.165, 1.54) is 23.0 Å². The molecule has 0 atom stereocenters. The zero-order chi connectivity index (χ0) is 20.1. The van der Waals surface area contributed by atoms with Crippen molar-refractivity contribution in [2.24, 2.45) is 5.41 Å². The molecule has 0 radical (unpaired) electrons. The van der Waals surface area contributed by atoms with E-state index in [-0.39, 0.29) is 24.5 Å². The van der Waals surface area contributed by atoms with Crippen LogP contribution in [-0.4, -0.2) is 40.5 Å². The Hall–Kier alpha value is -2.88. The third kappa shape index (κ3) is 4.85. The van der Waals surface area contributed by atoms with E-state index in [0.717, 1.165) is 6.07 Å². The maximum absolute atomic E-state index is 13.1. The summed E-state index contributed by atoms with van der Waals surface area (Å²) in [6.45, 7) is 2.07. The van der Waals surface area contributed by atoms with E-state index < -0.39 is 17.2 Å². The van der Waals surface area contributed by atoms with Crippen LogP contribution in [0.3, 0.4) is 0 Å². The lowest BCUT2D eigenvalue weighted by atomic mass is 9.88. The van der Waals surface area contributed by atoms with Gasteiger partial charge in [-0.1, -0.05) is 18.2 Å². The minimum atomic E-state index is -4.44. The second kappa shape index (κ2) is 8.21. The van der Waals surface area contributed by atoms with E-state index in [1.54, 1.807) is 19.1 Å². The second-order valence-corrected chi connectivity index (χ2v) is 6.14. The third-order valence-corrected chi connectivity index (χ3v) is 3.99. The van der Waals surface area contributed by atoms with Gasteiger partial charge in [0.2, 0.25) is 5.91 Å². The number of benzene rings is 1. The Balaban J connectivity index is 0.000000817. The number of halogens is 3. The molecule has 7 nitrogen and oxygen atoms in total. The summed E-state index contributed by atoms with van der Waals surface area (Å²) in [6, 6.07) is 6.87. The van der Waals surface area contributed by atoms with Gasteiger partial charge in [-0.15, -0.1) is 0 Å². The number of hydrogen-bond donors (Lipinski definition) is 2. The first-order valence-electron chi connectivity index (χ1n) is 7.85. The fourth-order valence-electron chi connectivity index (χ4n) is 2.47. The van der Waals surface area contributed by atoms with Crippen LogP contribution in [0.2, 0.25) is 0 Å². The molecule has 0 unspecified atom stereocenters. The third-order valence-electron chi connectivity index (χ3n) is 3.99. The summed E-state index contributed by atoms with van der Waals surface area (Å²) < 4.78 is 45.6. The van der Waals surface area contributed by atoms with Gasteiger partial charge in [0.1, 0.15) is 5.82 Å². The number of anilines is 1. The van der Waals surface area contributed by atoms with Gasteiger partial charge in [-0.05, 0) is 18.6 Å². The van der Waals surface area contributed by atoms with Crippen LogP contribution < -0.4 is 5.32 Å². The molecule has 0 saturated carbocycles. The summed E-state index contributed by atoms with van der Waals surface area (Å²) in [6.07, 6.45) is -3.00. The molecule has 0 aliphatic carbocycles. The number of ether oxygens (including phenoxy) is 1. The second-order valence-electron chi connectivity index (χ2n) is 6.14. The molecule has 10 heteroatoms. The standard InChI is InChI=1S/C16H16F3N3O2.CH2O2/c1-15(9-24-10-15)14(23)21-13-6-7-20-22(13)8-11-4-2-3-5-12(11)16(17,18)19;2-1-3/h2-7H,8-10H2,1H3,(H,21,23);1H,(H,2,3). The van der Waals surface area contributed by atoms with Gasteiger partial charge in [0, 0.05) is 6.07 Å². The first-order valence-corrected chi connectivity index (χ1v) is 7.85. The summed E-state index contributed by atoms with van der Waals surface area (Å²) in [4.78, 5) is 20.6. The minimum absolute atomic E-state index is 0.0855. The van der Waals surface area contributed by atoms with Gasteiger partial charge in [0.05, 0.1) is 36.9 Å². The summed E-state index contributed by atoms with van der Waals surface area (Å²) >= 11 is 0. The Kier molecular flexibility index (Phi) is 6.21. The molecule has 1 aliphatic rings. The summed E-state index contributed by atoms with van der Waals surface area (Å²) in [7, 11) is 0. The molecule has 27 heavy (non-hydrogen) atoms. The largest absolute Gasteiger partial charge is 0.483 e. The Morgan fingerprint density at radius 1 is 1.37 bits per heavy atom. The van der Waals surface area contributed by atoms with Crippen LogP contribution in [-0.2, 0) is 27.0 Å². The van der Waals surface area contributed by atoms with Crippen molar-refractivity contribution >= 4 is 18.2 Å². The van der Waals surface area contributed by atoms with Crippen LogP contribution in [0, 0.1) is 5.41 Å². The van der Waals surface area contributed by atoms with E-state index in [2.05, 4.69) is 10.4 Å². The van der Waals surface area contributed by atoms with Crippen molar-refractivity contribution in [3.8, 4) is 0 Å². The number of hydrogen-bond acceptors (Lipinski definition) is 4.